The predicted octanol–water partition coefficient (Wildman–Crippen LogP) is 4.76. The Bertz CT molecular complexity index is 418. The fourth-order valence-electron chi connectivity index (χ4n) is 3.49. The molecule has 0 amide bonds. The minimum absolute atomic E-state index is 0.482. The van der Waals surface area contributed by atoms with E-state index in [4.69, 9.17) is 0 Å². The molecule has 1 heterocycles. The van der Waals surface area contributed by atoms with Crippen LogP contribution in [0, 0.1) is 13.8 Å². The Hall–Kier alpha value is -0.630. The summed E-state index contributed by atoms with van der Waals surface area (Å²) in [7, 11) is -0.642. The second-order valence-corrected chi connectivity index (χ2v) is 9.53. The maximum atomic E-state index is 9.96. The van der Waals surface area contributed by atoms with Crippen LogP contribution in [0.1, 0.15) is 44.2 Å². The van der Waals surface area contributed by atoms with Crippen molar-refractivity contribution in [3.63, 3.8) is 0 Å². The third-order valence-electron chi connectivity index (χ3n) is 4.58. The highest BCUT2D eigenvalue weighted by molar-refractivity contribution is 8.34. The summed E-state index contributed by atoms with van der Waals surface area (Å²) in [6, 6.07) is 4.52. The molecule has 2 rings (SSSR count). The van der Waals surface area contributed by atoms with Gasteiger partial charge in [0.25, 0.3) is 0 Å². The fraction of sp³-hybridized carbons (Fsp3) is 0.625. The van der Waals surface area contributed by atoms with Crippen molar-refractivity contribution >= 4 is 10.0 Å². The minimum Gasteiger partial charge on any atom is -0.507 e. The third kappa shape index (κ3) is 2.05. The molecule has 0 aliphatic carbocycles. The van der Waals surface area contributed by atoms with E-state index in [-0.39, 0.29) is 0 Å². The topological polar surface area (TPSA) is 20.2 Å². The van der Waals surface area contributed by atoms with Crippen molar-refractivity contribution in [1.29, 1.82) is 0 Å². The molecule has 1 aromatic rings. The summed E-state index contributed by atoms with van der Waals surface area (Å²) >= 11 is 0. The van der Waals surface area contributed by atoms with E-state index >= 15 is 0 Å². The number of phenolic OH excluding ortho intramolecular Hbond substituents is 1. The molecule has 2 heteroatoms. The lowest BCUT2D eigenvalue weighted by Crippen LogP contribution is -2.16. The van der Waals surface area contributed by atoms with Crippen LogP contribution < -0.4 is 0 Å². The summed E-state index contributed by atoms with van der Waals surface area (Å²) in [6.07, 6.45) is 4.10. The number of aromatic hydroxyl groups is 1. The molecule has 1 aliphatic heterocycles. The van der Waals surface area contributed by atoms with E-state index in [0.29, 0.717) is 5.75 Å². The van der Waals surface area contributed by atoms with Gasteiger partial charge in [0.2, 0.25) is 0 Å². The number of hydrogen-bond donors (Lipinski definition) is 1. The van der Waals surface area contributed by atoms with Crippen molar-refractivity contribution in [2.75, 3.05) is 11.5 Å². The highest BCUT2D eigenvalue weighted by Gasteiger charge is 2.37. The van der Waals surface area contributed by atoms with Crippen molar-refractivity contribution < 1.29 is 5.11 Å². The van der Waals surface area contributed by atoms with E-state index in [1.807, 2.05) is 13.8 Å². The average Bonchev–Trinajstić information content (AvgIpc) is 2.79. The van der Waals surface area contributed by atoms with Gasteiger partial charge in [-0.25, -0.2) is 10.0 Å². The number of phenols is 1. The van der Waals surface area contributed by atoms with E-state index in [1.165, 1.54) is 30.8 Å². The van der Waals surface area contributed by atoms with Crippen LogP contribution in [0.4, 0.5) is 0 Å². The fourth-order valence-corrected chi connectivity index (χ4v) is 8.30. The van der Waals surface area contributed by atoms with Gasteiger partial charge in [-0.3, -0.25) is 0 Å². The lowest BCUT2D eigenvalue weighted by molar-refractivity contribution is 0.466. The molecule has 1 fully saturated rings. The number of aryl methyl sites for hydroxylation is 2. The Morgan fingerprint density at radius 1 is 1.22 bits per heavy atom. The molecule has 2 atom stereocenters. The Kier molecular flexibility index (Phi) is 3.96. The molecule has 0 aromatic heterocycles. The van der Waals surface area contributed by atoms with Gasteiger partial charge in [0.05, 0.1) is 0 Å². The molecule has 0 spiro atoms. The van der Waals surface area contributed by atoms with Crippen molar-refractivity contribution in [3.8, 4) is 5.75 Å². The Morgan fingerprint density at radius 3 is 2.33 bits per heavy atom. The molecule has 102 valence electrons. The predicted molar refractivity (Wildman–Crippen MR) is 82.2 cm³/mol. The van der Waals surface area contributed by atoms with Crippen molar-refractivity contribution in [1.82, 2.24) is 0 Å². The first-order valence-electron chi connectivity index (χ1n) is 7.13. The van der Waals surface area contributed by atoms with E-state index in [9.17, 15) is 5.11 Å². The first-order valence-corrected chi connectivity index (χ1v) is 9.16. The Morgan fingerprint density at radius 2 is 1.83 bits per heavy atom. The quantitative estimate of drug-likeness (QED) is 0.836. The second-order valence-electron chi connectivity index (χ2n) is 5.51. The molecule has 2 unspecified atom stereocenters. The largest absolute Gasteiger partial charge is 0.507 e. The number of rotatable bonds is 3. The zero-order valence-corrected chi connectivity index (χ0v) is 12.9. The summed E-state index contributed by atoms with van der Waals surface area (Å²) in [5.74, 6) is 3.18. The molecule has 1 saturated heterocycles. The van der Waals surface area contributed by atoms with E-state index in [0.717, 1.165) is 16.4 Å². The maximum absolute atomic E-state index is 9.96. The van der Waals surface area contributed by atoms with E-state index < -0.39 is 10.0 Å². The van der Waals surface area contributed by atoms with Gasteiger partial charge in [-0.15, -0.1) is 0 Å². The molecule has 0 radical (unpaired) electrons. The van der Waals surface area contributed by atoms with Gasteiger partial charge < -0.3 is 5.11 Å². The first-order chi connectivity index (χ1) is 8.55. The Balaban J connectivity index is 2.51. The molecule has 1 aliphatic rings. The normalized spacial score (nSPS) is 31.2. The van der Waals surface area contributed by atoms with Gasteiger partial charge in [0.1, 0.15) is 5.75 Å². The van der Waals surface area contributed by atoms with Crippen LogP contribution in [0.2, 0.25) is 0 Å². The molecule has 18 heavy (non-hydrogen) atoms. The van der Waals surface area contributed by atoms with Crippen LogP contribution in [0.3, 0.4) is 0 Å². The van der Waals surface area contributed by atoms with E-state index in [2.05, 4.69) is 26.0 Å². The molecular weight excluding hydrogens is 240 g/mol. The highest BCUT2D eigenvalue weighted by atomic mass is 32.3. The molecule has 1 N–H and O–H groups in total. The van der Waals surface area contributed by atoms with Gasteiger partial charge in [-0.1, -0.05) is 13.8 Å². The summed E-state index contributed by atoms with van der Waals surface area (Å²) in [5.41, 5.74) is 2.10. The van der Waals surface area contributed by atoms with Gasteiger partial charge in [-0.2, -0.15) is 0 Å². The zero-order valence-electron chi connectivity index (χ0n) is 12.1. The monoisotopic (exact) mass is 266 g/mol. The third-order valence-corrected chi connectivity index (χ3v) is 9.64. The zero-order chi connectivity index (χ0) is 13.3. The lowest BCUT2D eigenvalue weighted by atomic mass is 10.1. The minimum atomic E-state index is -0.642. The number of benzene rings is 1. The van der Waals surface area contributed by atoms with Crippen LogP contribution >= 0.6 is 10.0 Å². The van der Waals surface area contributed by atoms with Crippen molar-refractivity contribution in [3.05, 3.63) is 23.3 Å². The molecule has 0 saturated carbocycles. The SMILES string of the molecule is CCC1CCCS1(CC)c1cc(C)c(O)c(C)c1. The summed E-state index contributed by atoms with van der Waals surface area (Å²) in [5, 5.41) is 10.9. The molecule has 1 nitrogen and oxygen atoms in total. The van der Waals surface area contributed by atoms with Gasteiger partial charge in [0, 0.05) is 0 Å². The summed E-state index contributed by atoms with van der Waals surface area (Å²) in [6.45, 7) is 8.77. The Labute approximate surface area is 113 Å². The van der Waals surface area contributed by atoms with Gasteiger partial charge in [0.15, 0.2) is 0 Å². The average molecular weight is 266 g/mol. The molecule has 1 aromatic carbocycles. The van der Waals surface area contributed by atoms with Crippen LogP contribution in [-0.4, -0.2) is 21.9 Å². The van der Waals surface area contributed by atoms with Crippen LogP contribution in [0.25, 0.3) is 0 Å². The van der Waals surface area contributed by atoms with Crippen molar-refractivity contribution in [2.45, 2.75) is 57.1 Å². The summed E-state index contributed by atoms with van der Waals surface area (Å²) < 4.78 is 0. The highest BCUT2D eigenvalue weighted by Crippen LogP contribution is 2.66. The van der Waals surface area contributed by atoms with Gasteiger partial charge >= 0.3 is 0 Å². The smallest absolute Gasteiger partial charge is 0.121 e. The first kappa shape index (κ1) is 13.8. The van der Waals surface area contributed by atoms with Crippen LogP contribution in [0.5, 0.6) is 5.75 Å². The maximum Gasteiger partial charge on any atom is 0.121 e. The lowest BCUT2D eigenvalue weighted by Gasteiger charge is -2.42. The van der Waals surface area contributed by atoms with Crippen LogP contribution in [-0.2, 0) is 0 Å². The van der Waals surface area contributed by atoms with E-state index in [1.54, 1.807) is 4.90 Å². The second kappa shape index (κ2) is 5.16. The van der Waals surface area contributed by atoms with Gasteiger partial charge in [-0.05, 0) is 78.0 Å². The molecule has 0 bridgehead atoms. The van der Waals surface area contributed by atoms with Crippen molar-refractivity contribution in [2.24, 2.45) is 0 Å². The number of hydrogen-bond acceptors (Lipinski definition) is 1. The molecular formula is C16H26OS. The summed E-state index contributed by atoms with van der Waals surface area (Å²) in [4.78, 5) is 1.54. The van der Waals surface area contributed by atoms with Crippen LogP contribution in [0.15, 0.2) is 17.0 Å². The standard InChI is InChI=1S/C16H26OS/c1-5-14-8-7-9-18(14,6-2)15-10-12(3)16(17)13(4)11-15/h10-11,14,17H,5-9H2,1-4H3.